The van der Waals surface area contributed by atoms with Gasteiger partial charge in [-0.05, 0) is 12.8 Å². The lowest BCUT2D eigenvalue weighted by Gasteiger charge is -1.99. The second-order valence-corrected chi connectivity index (χ2v) is 3.51. The van der Waals surface area contributed by atoms with Crippen LogP contribution >= 0.6 is 0 Å². The number of aryl methyl sites for hydroxylation is 2. The number of aromatic amines is 1. The molecule has 1 heterocycles. The predicted octanol–water partition coefficient (Wildman–Crippen LogP) is 2.30. The molecule has 0 unspecified atom stereocenters. The second kappa shape index (κ2) is 4.08. The van der Waals surface area contributed by atoms with Crippen LogP contribution in [0, 0.1) is 18.3 Å². The lowest BCUT2D eigenvalue weighted by Crippen LogP contribution is -1.90. The van der Waals surface area contributed by atoms with Gasteiger partial charge in [-0.25, -0.2) is 4.98 Å². The number of hydrogen-bond acceptors (Lipinski definition) is 2. The largest absolute Gasteiger partial charge is 0.346 e. The number of H-pyrrole nitrogens is 1. The minimum Gasteiger partial charge on any atom is -0.346 e. The molecule has 0 aromatic carbocycles. The van der Waals surface area contributed by atoms with Crippen LogP contribution < -0.4 is 0 Å². The molecule has 0 fully saturated rings. The summed E-state index contributed by atoms with van der Waals surface area (Å²) in [5.41, 5.74) is 2.25. The van der Waals surface area contributed by atoms with Crippen molar-refractivity contribution in [2.75, 3.05) is 0 Å². The summed E-state index contributed by atoms with van der Waals surface area (Å²) in [6, 6.07) is 2.11. The van der Waals surface area contributed by atoms with Crippen LogP contribution in [0.5, 0.6) is 0 Å². The van der Waals surface area contributed by atoms with Crippen LogP contribution in [0.25, 0.3) is 0 Å². The average molecular weight is 177 g/mol. The zero-order valence-electron chi connectivity index (χ0n) is 8.39. The fraction of sp³-hybridized carbons (Fsp3) is 0.600. The summed E-state index contributed by atoms with van der Waals surface area (Å²) in [7, 11) is 0. The van der Waals surface area contributed by atoms with Gasteiger partial charge in [0.05, 0.1) is 11.8 Å². The third kappa shape index (κ3) is 2.32. The number of imidazole rings is 1. The highest BCUT2D eigenvalue weighted by molar-refractivity contribution is 5.16. The summed E-state index contributed by atoms with van der Waals surface area (Å²) in [4.78, 5) is 7.64. The Balaban J connectivity index is 2.78. The van der Waals surface area contributed by atoms with E-state index in [2.05, 4.69) is 29.9 Å². The molecule has 0 aliphatic rings. The van der Waals surface area contributed by atoms with Gasteiger partial charge in [0.15, 0.2) is 0 Å². The Labute approximate surface area is 78.8 Å². The molecule has 0 amide bonds. The molecule has 0 aliphatic carbocycles. The Morgan fingerprint density at radius 2 is 2.23 bits per heavy atom. The molecule has 13 heavy (non-hydrogen) atoms. The number of nitrogens with zero attached hydrogens (tertiary/aromatic N) is 2. The van der Waals surface area contributed by atoms with Crippen LogP contribution in [-0.2, 0) is 6.42 Å². The first-order chi connectivity index (χ1) is 6.15. The molecule has 0 atom stereocenters. The lowest BCUT2D eigenvalue weighted by atomic mass is 10.1. The molecule has 0 radical (unpaired) electrons. The minimum atomic E-state index is 0.451. The van der Waals surface area contributed by atoms with Gasteiger partial charge in [-0.1, -0.05) is 13.8 Å². The average Bonchev–Trinajstić information content (AvgIpc) is 2.43. The smallest absolute Gasteiger partial charge is 0.107 e. The molecular formula is C10H15N3. The highest BCUT2D eigenvalue weighted by Crippen LogP contribution is 2.16. The van der Waals surface area contributed by atoms with E-state index in [-0.39, 0.29) is 0 Å². The lowest BCUT2D eigenvalue weighted by molar-refractivity contribution is 0.812. The van der Waals surface area contributed by atoms with Crippen LogP contribution in [0.3, 0.4) is 0 Å². The van der Waals surface area contributed by atoms with Gasteiger partial charge in [-0.2, -0.15) is 5.26 Å². The maximum Gasteiger partial charge on any atom is 0.107 e. The van der Waals surface area contributed by atoms with E-state index in [0.29, 0.717) is 12.3 Å². The van der Waals surface area contributed by atoms with Crippen molar-refractivity contribution in [1.82, 2.24) is 9.97 Å². The highest BCUT2D eigenvalue weighted by Gasteiger charge is 2.09. The van der Waals surface area contributed by atoms with E-state index in [1.165, 1.54) is 0 Å². The summed E-state index contributed by atoms with van der Waals surface area (Å²) in [5.74, 6) is 1.38. The number of rotatable bonds is 3. The molecule has 0 saturated carbocycles. The minimum absolute atomic E-state index is 0.451. The molecule has 0 saturated heterocycles. The van der Waals surface area contributed by atoms with Crippen molar-refractivity contribution in [2.24, 2.45) is 0 Å². The van der Waals surface area contributed by atoms with Crippen molar-refractivity contribution in [3.63, 3.8) is 0 Å². The van der Waals surface area contributed by atoms with E-state index >= 15 is 0 Å². The first-order valence-corrected chi connectivity index (χ1v) is 4.57. The molecule has 0 bridgehead atoms. The van der Waals surface area contributed by atoms with E-state index in [4.69, 9.17) is 5.26 Å². The highest BCUT2D eigenvalue weighted by atomic mass is 14.9. The van der Waals surface area contributed by atoms with E-state index in [1.807, 2.05) is 6.92 Å². The topological polar surface area (TPSA) is 52.5 Å². The predicted molar refractivity (Wildman–Crippen MR) is 51.3 cm³/mol. The van der Waals surface area contributed by atoms with Crippen molar-refractivity contribution < 1.29 is 0 Å². The number of nitrogens with one attached hydrogen (secondary N) is 1. The first kappa shape index (κ1) is 9.79. The Kier molecular flexibility index (Phi) is 3.07. The van der Waals surface area contributed by atoms with E-state index in [1.54, 1.807) is 0 Å². The molecular weight excluding hydrogens is 162 g/mol. The van der Waals surface area contributed by atoms with Crippen molar-refractivity contribution in [2.45, 2.75) is 39.5 Å². The Bertz CT molecular complexity index is 317. The Morgan fingerprint density at radius 3 is 2.69 bits per heavy atom. The SMILES string of the molecule is Cc1[nH]c(CCC#N)nc1C(C)C. The standard InChI is InChI=1S/C10H15N3/c1-7(2)10-8(3)12-9(13-10)5-4-6-11/h7H,4-5H2,1-3H3,(H,12,13). The zero-order chi connectivity index (χ0) is 9.84. The summed E-state index contributed by atoms with van der Waals surface area (Å²) in [5, 5.41) is 8.42. The quantitative estimate of drug-likeness (QED) is 0.770. The summed E-state index contributed by atoms with van der Waals surface area (Å²) >= 11 is 0. The molecule has 1 rings (SSSR count). The summed E-state index contributed by atoms with van der Waals surface area (Å²) < 4.78 is 0. The molecule has 70 valence electrons. The maximum absolute atomic E-state index is 8.42. The van der Waals surface area contributed by atoms with Gasteiger partial charge < -0.3 is 4.98 Å². The van der Waals surface area contributed by atoms with Gasteiger partial charge in [-0.15, -0.1) is 0 Å². The van der Waals surface area contributed by atoms with Crippen LogP contribution in [0.2, 0.25) is 0 Å². The molecule has 1 N–H and O–H groups in total. The monoisotopic (exact) mass is 177 g/mol. The maximum atomic E-state index is 8.42. The number of aromatic nitrogens is 2. The zero-order valence-corrected chi connectivity index (χ0v) is 8.39. The fourth-order valence-electron chi connectivity index (χ4n) is 1.39. The Hall–Kier alpha value is -1.30. The van der Waals surface area contributed by atoms with E-state index in [9.17, 15) is 0 Å². The van der Waals surface area contributed by atoms with Crippen molar-refractivity contribution in [3.05, 3.63) is 17.2 Å². The van der Waals surface area contributed by atoms with Gasteiger partial charge in [0.25, 0.3) is 0 Å². The first-order valence-electron chi connectivity index (χ1n) is 4.57. The second-order valence-electron chi connectivity index (χ2n) is 3.51. The van der Waals surface area contributed by atoms with Crippen LogP contribution in [0.15, 0.2) is 0 Å². The summed E-state index contributed by atoms with van der Waals surface area (Å²) in [6.45, 7) is 6.27. The molecule has 3 nitrogen and oxygen atoms in total. The molecule has 3 heteroatoms. The fourth-order valence-corrected chi connectivity index (χ4v) is 1.39. The summed E-state index contributed by atoms with van der Waals surface area (Å²) in [6.07, 6.45) is 1.26. The van der Waals surface area contributed by atoms with Gasteiger partial charge >= 0.3 is 0 Å². The number of hydrogen-bond donors (Lipinski definition) is 1. The van der Waals surface area contributed by atoms with Crippen molar-refractivity contribution in [3.8, 4) is 6.07 Å². The normalized spacial score (nSPS) is 10.4. The Morgan fingerprint density at radius 1 is 1.54 bits per heavy atom. The van der Waals surface area contributed by atoms with Crippen molar-refractivity contribution in [1.29, 1.82) is 5.26 Å². The van der Waals surface area contributed by atoms with Gasteiger partial charge in [0, 0.05) is 18.5 Å². The van der Waals surface area contributed by atoms with E-state index in [0.717, 1.165) is 23.6 Å². The third-order valence-electron chi connectivity index (χ3n) is 1.99. The van der Waals surface area contributed by atoms with Crippen molar-refractivity contribution >= 4 is 0 Å². The molecule has 0 spiro atoms. The number of nitriles is 1. The van der Waals surface area contributed by atoms with Gasteiger partial charge in [0.1, 0.15) is 5.82 Å². The van der Waals surface area contributed by atoms with Gasteiger partial charge in [0.2, 0.25) is 0 Å². The third-order valence-corrected chi connectivity index (χ3v) is 1.99. The molecule has 0 aliphatic heterocycles. The van der Waals surface area contributed by atoms with Crippen LogP contribution in [0.1, 0.15) is 43.4 Å². The molecule has 1 aromatic rings. The van der Waals surface area contributed by atoms with Crippen LogP contribution in [0.4, 0.5) is 0 Å². The van der Waals surface area contributed by atoms with Crippen LogP contribution in [-0.4, -0.2) is 9.97 Å². The van der Waals surface area contributed by atoms with Gasteiger partial charge in [-0.3, -0.25) is 0 Å². The van der Waals surface area contributed by atoms with E-state index < -0.39 is 0 Å². The molecule has 1 aromatic heterocycles.